The van der Waals surface area contributed by atoms with Gasteiger partial charge in [0.1, 0.15) is 5.56 Å². The molecule has 2 heterocycles. The molecule has 0 saturated heterocycles. The van der Waals surface area contributed by atoms with Crippen LogP contribution in [0.2, 0.25) is 0 Å². The van der Waals surface area contributed by atoms with Gasteiger partial charge in [0.05, 0.1) is 10.6 Å². The Bertz CT molecular complexity index is 1100. The lowest BCUT2D eigenvalue weighted by atomic mass is 10.2. The number of hydrogen-bond acceptors (Lipinski definition) is 5. The van der Waals surface area contributed by atoms with E-state index in [4.69, 9.17) is 0 Å². The third-order valence-electron chi connectivity index (χ3n) is 4.58. The minimum atomic E-state index is -3.52. The maximum Gasteiger partial charge on any atom is 0.257 e. The Morgan fingerprint density at radius 1 is 1.25 bits per heavy atom. The fourth-order valence-corrected chi connectivity index (χ4v) is 4.12. The summed E-state index contributed by atoms with van der Waals surface area (Å²) in [5.74, 6) is -0.276. The molecule has 0 fully saturated rings. The molecule has 1 N–H and O–H groups in total. The molecular weight excluding hydrogens is 378 g/mol. The van der Waals surface area contributed by atoms with Crippen molar-refractivity contribution in [1.82, 2.24) is 24.2 Å². The second-order valence-electron chi connectivity index (χ2n) is 6.79. The van der Waals surface area contributed by atoms with Crippen molar-refractivity contribution in [2.24, 2.45) is 0 Å². The van der Waals surface area contributed by atoms with Crippen molar-refractivity contribution >= 4 is 21.6 Å². The topological polar surface area (TPSA) is 96.7 Å². The zero-order valence-electron chi connectivity index (χ0n) is 16.2. The molecule has 0 aliphatic heterocycles. The fourth-order valence-electron chi connectivity index (χ4n) is 2.76. The summed E-state index contributed by atoms with van der Waals surface area (Å²) < 4.78 is 27.9. The first-order valence-corrected chi connectivity index (χ1v) is 10.3. The van der Waals surface area contributed by atoms with Gasteiger partial charge in [-0.1, -0.05) is 12.1 Å². The van der Waals surface area contributed by atoms with E-state index < -0.39 is 10.0 Å². The highest BCUT2D eigenvalue weighted by Crippen LogP contribution is 2.17. The molecule has 0 bridgehead atoms. The molecule has 0 saturated carbocycles. The average molecular weight is 401 g/mol. The van der Waals surface area contributed by atoms with Crippen LogP contribution in [-0.2, 0) is 16.6 Å². The molecule has 2 aromatic heterocycles. The molecule has 148 valence electrons. The molecule has 0 unspecified atom stereocenters. The van der Waals surface area contributed by atoms with Crippen LogP contribution in [0.3, 0.4) is 0 Å². The molecule has 0 atom stereocenters. The van der Waals surface area contributed by atoms with E-state index in [1.165, 1.54) is 4.31 Å². The first kappa shape index (κ1) is 20.0. The van der Waals surface area contributed by atoms with Gasteiger partial charge >= 0.3 is 0 Å². The zero-order chi connectivity index (χ0) is 20.5. The molecule has 0 aliphatic rings. The standard InChI is InChI=1S/C19H23N5O3S/c1-13(2)23(4)28(26,27)16-8-6-15(7-9-16)12-21-19(25)17-14(3)22-24-11-5-10-20-18(17)24/h5-11,13H,12H2,1-4H3,(H,21,25). The maximum atomic E-state index is 12.6. The molecule has 8 nitrogen and oxygen atoms in total. The largest absolute Gasteiger partial charge is 0.348 e. The van der Waals surface area contributed by atoms with Gasteiger partial charge in [0, 0.05) is 32.0 Å². The Morgan fingerprint density at radius 2 is 1.93 bits per heavy atom. The number of sulfonamides is 1. The average Bonchev–Trinajstić information content (AvgIpc) is 3.01. The van der Waals surface area contributed by atoms with E-state index in [2.05, 4.69) is 15.4 Å². The van der Waals surface area contributed by atoms with E-state index in [9.17, 15) is 13.2 Å². The van der Waals surface area contributed by atoms with Gasteiger partial charge in [0.15, 0.2) is 5.65 Å². The van der Waals surface area contributed by atoms with Gasteiger partial charge in [0.2, 0.25) is 10.0 Å². The Labute approximate surface area is 164 Å². The van der Waals surface area contributed by atoms with Crippen molar-refractivity contribution in [3.8, 4) is 0 Å². The monoisotopic (exact) mass is 401 g/mol. The highest BCUT2D eigenvalue weighted by atomic mass is 32.2. The number of benzene rings is 1. The smallest absolute Gasteiger partial charge is 0.257 e. The van der Waals surface area contributed by atoms with Crippen LogP contribution < -0.4 is 5.32 Å². The van der Waals surface area contributed by atoms with Crippen molar-refractivity contribution in [2.75, 3.05) is 7.05 Å². The van der Waals surface area contributed by atoms with E-state index in [1.54, 1.807) is 61.2 Å². The van der Waals surface area contributed by atoms with E-state index >= 15 is 0 Å². The number of rotatable bonds is 6. The van der Waals surface area contributed by atoms with E-state index in [0.29, 0.717) is 16.9 Å². The summed E-state index contributed by atoms with van der Waals surface area (Å²) in [6, 6.07) is 8.11. The van der Waals surface area contributed by atoms with Gasteiger partial charge in [-0.25, -0.2) is 17.9 Å². The number of carbonyl (C=O) groups is 1. The summed E-state index contributed by atoms with van der Waals surface area (Å²) in [5.41, 5.74) is 2.31. The molecule has 28 heavy (non-hydrogen) atoms. The van der Waals surface area contributed by atoms with Crippen LogP contribution in [0.25, 0.3) is 5.65 Å². The van der Waals surface area contributed by atoms with Crippen LogP contribution in [0.5, 0.6) is 0 Å². The van der Waals surface area contributed by atoms with E-state index in [1.807, 2.05) is 13.8 Å². The Kier molecular flexibility index (Phi) is 5.48. The number of carbonyl (C=O) groups excluding carboxylic acids is 1. The van der Waals surface area contributed by atoms with Gasteiger partial charge < -0.3 is 5.32 Å². The van der Waals surface area contributed by atoms with Gasteiger partial charge in [-0.15, -0.1) is 0 Å². The van der Waals surface area contributed by atoms with Crippen LogP contribution in [-0.4, -0.2) is 46.3 Å². The summed E-state index contributed by atoms with van der Waals surface area (Å²) in [6.45, 7) is 5.66. The van der Waals surface area contributed by atoms with E-state index in [0.717, 1.165) is 5.56 Å². The number of aromatic nitrogens is 3. The number of fused-ring (bicyclic) bond motifs is 1. The van der Waals surface area contributed by atoms with Gasteiger partial charge in [-0.05, 0) is 44.5 Å². The Hall–Kier alpha value is -2.78. The lowest BCUT2D eigenvalue weighted by molar-refractivity contribution is 0.0951. The number of amides is 1. The third-order valence-corrected chi connectivity index (χ3v) is 6.63. The van der Waals surface area contributed by atoms with Crippen molar-refractivity contribution in [1.29, 1.82) is 0 Å². The highest BCUT2D eigenvalue weighted by Gasteiger charge is 2.23. The van der Waals surface area contributed by atoms with Crippen molar-refractivity contribution < 1.29 is 13.2 Å². The quantitative estimate of drug-likeness (QED) is 0.681. The first-order chi connectivity index (χ1) is 13.2. The number of hydrogen-bond donors (Lipinski definition) is 1. The first-order valence-electron chi connectivity index (χ1n) is 8.87. The second-order valence-corrected chi connectivity index (χ2v) is 8.79. The molecule has 1 amide bonds. The Balaban J connectivity index is 1.73. The predicted octanol–water partition coefficient (Wildman–Crippen LogP) is 2.00. The SMILES string of the molecule is Cc1nn2cccnc2c1C(=O)NCc1ccc(S(=O)(=O)N(C)C(C)C)cc1. The number of aryl methyl sites for hydroxylation is 1. The fraction of sp³-hybridized carbons (Fsp3) is 0.316. The summed E-state index contributed by atoms with van der Waals surface area (Å²) >= 11 is 0. The van der Waals surface area contributed by atoms with Crippen LogP contribution in [0, 0.1) is 6.92 Å². The van der Waals surface area contributed by atoms with Crippen LogP contribution in [0.15, 0.2) is 47.6 Å². The lowest BCUT2D eigenvalue weighted by Crippen LogP contribution is -2.33. The van der Waals surface area contributed by atoms with Gasteiger partial charge in [0.25, 0.3) is 5.91 Å². The molecule has 0 aliphatic carbocycles. The number of nitrogens with zero attached hydrogens (tertiary/aromatic N) is 4. The van der Waals surface area contributed by atoms with E-state index in [-0.39, 0.29) is 23.4 Å². The lowest BCUT2D eigenvalue weighted by Gasteiger charge is -2.21. The number of nitrogens with one attached hydrogen (secondary N) is 1. The predicted molar refractivity (Wildman–Crippen MR) is 105 cm³/mol. The Morgan fingerprint density at radius 3 is 2.57 bits per heavy atom. The van der Waals surface area contributed by atoms with Gasteiger partial charge in [-0.2, -0.15) is 9.40 Å². The minimum absolute atomic E-state index is 0.133. The van der Waals surface area contributed by atoms with Crippen molar-refractivity contribution in [3.63, 3.8) is 0 Å². The molecule has 9 heteroatoms. The maximum absolute atomic E-state index is 12.6. The summed E-state index contributed by atoms with van der Waals surface area (Å²) in [4.78, 5) is 17.0. The molecule has 0 radical (unpaired) electrons. The zero-order valence-corrected chi connectivity index (χ0v) is 17.1. The summed E-state index contributed by atoms with van der Waals surface area (Å²) in [5, 5.41) is 7.12. The van der Waals surface area contributed by atoms with Crippen molar-refractivity contribution in [3.05, 3.63) is 59.5 Å². The van der Waals surface area contributed by atoms with Crippen LogP contribution >= 0.6 is 0 Å². The summed E-state index contributed by atoms with van der Waals surface area (Å²) in [7, 11) is -1.97. The molecule has 3 rings (SSSR count). The summed E-state index contributed by atoms with van der Waals surface area (Å²) in [6.07, 6.45) is 3.35. The van der Waals surface area contributed by atoms with Crippen molar-refractivity contribution in [2.45, 2.75) is 38.3 Å². The second kappa shape index (κ2) is 7.69. The normalized spacial score (nSPS) is 12.1. The highest BCUT2D eigenvalue weighted by molar-refractivity contribution is 7.89. The molecule has 1 aromatic carbocycles. The van der Waals surface area contributed by atoms with Crippen LogP contribution in [0.4, 0.5) is 0 Å². The van der Waals surface area contributed by atoms with Gasteiger partial charge in [-0.3, -0.25) is 4.79 Å². The molecular formula is C19H23N5O3S. The minimum Gasteiger partial charge on any atom is -0.348 e. The van der Waals surface area contributed by atoms with Crippen LogP contribution in [0.1, 0.15) is 35.5 Å². The molecule has 0 spiro atoms. The molecule has 3 aromatic rings. The third kappa shape index (κ3) is 3.76.